The number of nitrogens with zero attached hydrogens (tertiary/aromatic N) is 4. The molecule has 0 saturated carbocycles. The zero-order chi connectivity index (χ0) is 31.9. The number of halogens is 2. The number of imide groups is 1. The standard InChI is InChI=1S/C29H31F2N9O5/c30-27(31)10-9-15-5-4-8-17(18(15)11-27)23(42)35-20-13-40-25(33)34-19(22-28(40,29(20,44)45)37-24(32)36-22)12-39-21(41)14-38(26(39)43)16-6-2-1-3-7-16/h1-8,19-20,22,44-45H,9-14H2,(H2,33,34)(H,35,42)(H3,32,36,37)/p+1/t19-,20?,22-,28-/m0/s1. The molecule has 0 aromatic heterocycles. The van der Waals surface area contributed by atoms with Crippen molar-refractivity contribution in [2.75, 3.05) is 24.5 Å². The molecule has 236 valence electrons. The van der Waals surface area contributed by atoms with E-state index >= 15 is 0 Å². The van der Waals surface area contributed by atoms with Crippen molar-refractivity contribution in [3.05, 3.63) is 65.2 Å². The average Bonchev–Trinajstić information content (AvgIpc) is 3.57. The molecule has 1 aliphatic carbocycles. The average molecular weight is 625 g/mol. The molecule has 2 fully saturated rings. The third kappa shape index (κ3) is 4.30. The molecule has 2 aromatic carbocycles. The van der Waals surface area contributed by atoms with Gasteiger partial charge in [0.05, 0.1) is 13.1 Å². The van der Waals surface area contributed by atoms with Gasteiger partial charge in [-0.15, -0.1) is 0 Å². The molecule has 0 bridgehead atoms. The topological polar surface area (TPSA) is 204 Å². The van der Waals surface area contributed by atoms with E-state index in [-0.39, 0.29) is 55.5 Å². The van der Waals surface area contributed by atoms with E-state index in [1.807, 2.05) is 0 Å². The first-order valence-electron chi connectivity index (χ1n) is 14.5. The summed E-state index contributed by atoms with van der Waals surface area (Å²) in [5, 5.41) is 29.0. The van der Waals surface area contributed by atoms with Gasteiger partial charge < -0.3 is 21.3 Å². The predicted molar refractivity (Wildman–Crippen MR) is 155 cm³/mol. The summed E-state index contributed by atoms with van der Waals surface area (Å²) in [6.07, 6.45) is -0.816. The number of para-hydroxylation sites is 1. The van der Waals surface area contributed by atoms with E-state index in [0.29, 0.717) is 11.3 Å². The molecule has 2 saturated heterocycles. The van der Waals surface area contributed by atoms with Gasteiger partial charge in [0.15, 0.2) is 12.0 Å². The van der Waals surface area contributed by atoms with E-state index in [1.54, 1.807) is 42.5 Å². The molecular weight excluding hydrogens is 592 g/mol. The molecule has 14 nitrogen and oxygen atoms in total. The Morgan fingerprint density at radius 2 is 1.89 bits per heavy atom. The second-order valence-corrected chi connectivity index (χ2v) is 12.0. The summed E-state index contributed by atoms with van der Waals surface area (Å²) in [5.41, 5.74) is 12.0. The second-order valence-electron chi connectivity index (χ2n) is 12.0. The van der Waals surface area contributed by atoms with Crippen LogP contribution in [0.25, 0.3) is 0 Å². The number of aliphatic imine (C=N–C) groups is 1. The maximum atomic E-state index is 14.3. The summed E-state index contributed by atoms with van der Waals surface area (Å²) in [6, 6.07) is 9.38. The molecule has 2 aromatic rings. The Bertz CT molecular complexity index is 1670. The van der Waals surface area contributed by atoms with Crippen molar-refractivity contribution in [3.8, 4) is 0 Å². The van der Waals surface area contributed by atoms with Gasteiger partial charge in [-0.3, -0.25) is 35.0 Å². The summed E-state index contributed by atoms with van der Waals surface area (Å²) in [6.45, 7) is -0.695. The molecule has 4 aliphatic heterocycles. The Labute approximate surface area is 255 Å². The molecule has 1 spiro atoms. The van der Waals surface area contributed by atoms with Crippen molar-refractivity contribution in [3.63, 3.8) is 0 Å². The fourth-order valence-corrected chi connectivity index (χ4v) is 7.23. The number of rotatable bonds is 5. The largest absolute Gasteiger partial charge is 0.370 e. The number of alkyl halides is 2. The lowest BCUT2D eigenvalue weighted by Crippen LogP contribution is -2.90. The fraction of sp³-hybridized carbons (Fsp3) is 0.414. The SMILES string of the molecule is NC1=N[C@@H](CN2C(=O)CN(c3ccccc3)C2=O)[C@@H]2[NH+]=C(N)N[C@]23N1CC(NC(=O)c1cccc2c1CC(F)(F)CC2)C3(O)O. The fourth-order valence-electron chi connectivity index (χ4n) is 7.23. The lowest BCUT2D eigenvalue weighted by atomic mass is 9.84. The number of carbonyl (C=O) groups excluding carboxylic acids is 3. The summed E-state index contributed by atoms with van der Waals surface area (Å²) in [7, 11) is 0. The van der Waals surface area contributed by atoms with E-state index in [0.717, 1.165) is 4.90 Å². The maximum Gasteiger partial charge on any atom is 0.343 e. The number of hydrogen-bond donors (Lipinski definition) is 7. The lowest BCUT2D eigenvalue weighted by Gasteiger charge is -2.46. The van der Waals surface area contributed by atoms with Crippen LogP contribution >= 0.6 is 0 Å². The van der Waals surface area contributed by atoms with Crippen molar-refractivity contribution in [2.45, 2.75) is 54.8 Å². The maximum absolute atomic E-state index is 14.3. The number of nitrogens with two attached hydrogens (primary N) is 2. The number of anilines is 1. The molecule has 4 amide bonds. The van der Waals surface area contributed by atoms with Crippen molar-refractivity contribution in [1.29, 1.82) is 0 Å². The molecule has 9 N–H and O–H groups in total. The molecule has 4 heterocycles. The van der Waals surface area contributed by atoms with Crippen LogP contribution in [0.5, 0.6) is 0 Å². The highest BCUT2D eigenvalue weighted by Crippen LogP contribution is 2.42. The van der Waals surface area contributed by atoms with Crippen LogP contribution in [0.4, 0.5) is 19.3 Å². The molecule has 16 heteroatoms. The van der Waals surface area contributed by atoms with Crippen LogP contribution in [-0.4, -0.2) is 105 Å². The number of amides is 4. The van der Waals surface area contributed by atoms with Crippen LogP contribution in [0.15, 0.2) is 53.5 Å². The van der Waals surface area contributed by atoms with Crippen molar-refractivity contribution in [1.82, 2.24) is 20.4 Å². The summed E-state index contributed by atoms with van der Waals surface area (Å²) >= 11 is 0. The summed E-state index contributed by atoms with van der Waals surface area (Å²) in [4.78, 5) is 51.0. The van der Waals surface area contributed by atoms with Crippen molar-refractivity contribution >= 4 is 35.5 Å². The monoisotopic (exact) mass is 624 g/mol. The van der Waals surface area contributed by atoms with Crippen LogP contribution in [-0.2, 0) is 17.6 Å². The highest BCUT2D eigenvalue weighted by atomic mass is 19.3. The lowest BCUT2D eigenvalue weighted by molar-refractivity contribution is -0.521. The molecular formula is C29H32F2N9O5+. The third-order valence-corrected chi connectivity index (χ3v) is 9.40. The number of urea groups is 1. The van der Waals surface area contributed by atoms with Gasteiger partial charge in [-0.1, -0.05) is 30.3 Å². The van der Waals surface area contributed by atoms with Crippen LogP contribution in [0.1, 0.15) is 27.9 Å². The van der Waals surface area contributed by atoms with E-state index in [9.17, 15) is 33.4 Å². The smallest absolute Gasteiger partial charge is 0.343 e. The Kier molecular flexibility index (Phi) is 6.32. The Morgan fingerprint density at radius 1 is 1.13 bits per heavy atom. The van der Waals surface area contributed by atoms with Crippen LogP contribution in [0.3, 0.4) is 0 Å². The van der Waals surface area contributed by atoms with Gasteiger partial charge in [0, 0.05) is 24.1 Å². The van der Waals surface area contributed by atoms with Crippen LogP contribution in [0.2, 0.25) is 0 Å². The number of fused-ring (bicyclic) bond motifs is 1. The highest BCUT2D eigenvalue weighted by molar-refractivity contribution is 6.12. The quantitative estimate of drug-likeness (QED) is 0.135. The van der Waals surface area contributed by atoms with Gasteiger partial charge in [0.25, 0.3) is 23.4 Å². The molecule has 1 unspecified atom stereocenters. The van der Waals surface area contributed by atoms with Gasteiger partial charge in [0.2, 0.25) is 5.79 Å². The zero-order valence-corrected chi connectivity index (χ0v) is 23.9. The van der Waals surface area contributed by atoms with Crippen LogP contribution < -0.4 is 32.0 Å². The Morgan fingerprint density at radius 3 is 2.64 bits per heavy atom. The number of carbonyl (C=O) groups is 3. The molecule has 0 radical (unpaired) electrons. The zero-order valence-electron chi connectivity index (χ0n) is 23.9. The van der Waals surface area contributed by atoms with Gasteiger partial charge in [0.1, 0.15) is 18.6 Å². The number of aliphatic hydroxyl groups is 2. The number of aryl methyl sites for hydroxylation is 1. The Hall–Kier alpha value is -4.83. The minimum atomic E-state index is -2.97. The number of guanidine groups is 2. The molecule has 7 rings (SSSR count). The predicted octanol–water partition coefficient (Wildman–Crippen LogP) is -2.87. The second kappa shape index (κ2) is 9.84. The van der Waals surface area contributed by atoms with Crippen LogP contribution in [0, 0.1) is 0 Å². The first-order chi connectivity index (χ1) is 21.3. The van der Waals surface area contributed by atoms with E-state index in [1.165, 1.54) is 15.9 Å². The number of nitrogens with one attached hydrogen (secondary N) is 3. The first kappa shape index (κ1) is 28.9. The van der Waals surface area contributed by atoms with Gasteiger partial charge in [-0.25, -0.2) is 23.9 Å². The van der Waals surface area contributed by atoms with Gasteiger partial charge in [-0.05, 0) is 35.7 Å². The van der Waals surface area contributed by atoms with Crippen molar-refractivity contribution in [2.24, 2.45) is 16.5 Å². The Balaban J connectivity index is 1.16. The minimum Gasteiger partial charge on any atom is -0.370 e. The summed E-state index contributed by atoms with van der Waals surface area (Å²) < 4.78 is 28.6. The van der Waals surface area contributed by atoms with Crippen molar-refractivity contribution < 1.29 is 38.4 Å². The molecule has 5 aliphatic rings. The number of benzene rings is 2. The first-order valence-corrected chi connectivity index (χ1v) is 14.5. The van der Waals surface area contributed by atoms with Gasteiger partial charge >= 0.3 is 12.0 Å². The third-order valence-electron chi connectivity index (χ3n) is 9.40. The molecule has 45 heavy (non-hydrogen) atoms. The normalized spacial score (nSPS) is 29.4. The van der Waals surface area contributed by atoms with E-state index in [4.69, 9.17) is 11.5 Å². The van der Waals surface area contributed by atoms with Gasteiger partial charge in [-0.2, -0.15) is 0 Å². The van der Waals surface area contributed by atoms with E-state index < -0.39 is 59.8 Å². The number of hydrogen-bond acceptors (Lipinski definition) is 10. The summed E-state index contributed by atoms with van der Waals surface area (Å²) in [5.74, 6) is -7.19. The molecule has 4 atom stereocenters. The van der Waals surface area contributed by atoms with E-state index in [2.05, 4.69) is 20.6 Å². The minimum absolute atomic E-state index is 0.0127. The highest BCUT2D eigenvalue weighted by Gasteiger charge is 2.76.